The molecular formula is C13H27N3O5. The lowest BCUT2D eigenvalue weighted by atomic mass is 9.78. The second kappa shape index (κ2) is 8.02. The third kappa shape index (κ3) is 4.87. The van der Waals surface area contributed by atoms with Crippen molar-refractivity contribution in [2.24, 2.45) is 23.5 Å². The Bertz CT molecular complexity index is 342. The van der Waals surface area contributed by atoms with E-state index in [2.05, 4.69) is 0 Å². The Hall–Kier alpha value is -0.770. The molecule has 1 rings (SSSR count). The number of carbonyl (C=O) groups excluding carboxylic acids is 1. The van der Waals surface area contributed by atoms with Crippen molar-refractivity contribution >= 4 is 5.91 Å². The normalized spacial score (nSPS) is 30.3. The number of hydrogen-bond donors (Lipinski definition) is 6. The predicted octanol–water partition coefficient (Wildman–Crippen LogP) is -1.22. The Balaban J connectivity index is 2.84. The van der Waals surface area contributed by atoms with Gasteiger partial charge in [-0.3, -0.25) is 4.79 Å². The number of carbonyl (C=O) groups is 1. The summed E-state index contributed by atoms with van der Waals surface area (Å²) in [5, 5.41) is 38.4. The van der Waals surface area contributed by atoms with E-state index in [9.17, 15) is 20.1 Å². The van der Waals surface area contributed by atoms with E-state index in [1.54, 1.807) is 5.48 Å². The molecule has 5 atom stereocenters. The van der Waals surface area contributed by atoms with Crippen LogP contribution in [-0.4, -0.2) is 56.6 Å². The molecule has 1 saturated heterocycles. The molecule has 0 aromatic rings. The molecule has 124 valence electrons. The van der Waals surface area contributed by atoms with Crippen molar-refractivity contribution < 1.29 is 25.3 Å². The van der Waals surface area contributed by atoms with Gasteiger partial charge in [-0.1, -0.05) is 13.8 Å². The quantitative estimate of drug-likeness (QED) is 0.256. The van der Waals surface area contributed by atoms with Crippen LogP contribution in [0.15, 0.2) is 0 Å². The van der Waals surface area contributed by atoms with Crippen molar-refractivity contribution in [2.45, 2.75) is 51.8 Å². The molecule has 0 saturated carbocycles. The zero-order chi connectivity index (χ0) is 16.2. The fourth-order valence-electron chi connectivity index (χ4n) is 2.97. The molecule has 0 aromatic heterocycles. The van der Waals surface area contributed by atoms with Crippen LogP contribution >= 0.6 is 0 Å². The van der Waals surface area contributed by atoms with E-state index in [4.69, 9.17) is 10.9 Å². The third-order valence-corrected chi connectivity index (χ3v) is 4.00. The molecule has 1 amide bonds. The SMILES string of the molecule is CC(C)C[C@H](C(N)=O)[C@@H]1CC[C@H](O)N(C[C@H](O)NO)[C@H]1O. The Labute approximate surface area is 124 Å². The molecule has 8 nitrogen and oxygen atoms in total. The van der Waals surface area contributed by atoms with E-state index in [0.717, 1.165) is 0 Å². The lowest BCUT2D eigenvalue weighted by Gasteiger charge is -2.44. The summed E-state index contributed by atoms with van der Waals surface area (Å²) in [6, 6.07) is 0. The van der Waals surface area contributed by atoms with Crippen LogP contribution in [0.25, 0.3) is 0 Å². The van der Waals surface area contributed by atoms with Crippen molar-refractivity contribution in [2.75, 3.05) is 6.54 Å². The van der Waals surface area contributed by atoms with Gasteiger partial charge in [-0.2, -0.15) is 5.48 Å². The minimum Gasteiger partial charge on any atom is -0.378 e. The number of likely N-dealkylation sites (tertiary alicyclic amines) is 1. The molecule has 1 heterocycles. The van der Waals surface area contributed by atoms with Crippen LogP contribution in [0.5, 0.6) is 0 Å². The van der Waals surface area contributed by atoms with Crippen molar-refractivity contribution in [3.8, 4) is 0 Å². The lowest BCUT2D eigenvalue weighted by molar-refractivity contribution is -0.187. The van der Waals surface area contributed by atoms with Crippen molar-refractivity contribution in [3.05, 3.63) is 0 Å². The smallest absolute Gasteiger partial charge is 0.220 e. The molecular weight excluding hydrogens is 278 g/mol. The van der Waals surface area contributed by atoms with E-state index in [1.807, 2.05) is 13.8 Å². The summed E-state index contributed by atoms with van der Waals surface area (Å²) in [5.41, 5.74) is 7.11. The molecule has 1 aliphatic heterocycles. The summed E-state index contributed by atoms with van der Waals surface area (Å²) < 4.78 is 0. The van der Waals surface area contributed by atoms with E-state index >= 15 is 0 Å². The molecule has 0 aliphatic carbocycles. The van der Waals surface area contributed by atoms with Gasteiger partial charge >= 0.3 is 0 Å². The second-order valence-electron chi connectivity index (χ2n) is 6.12. The van der Waals surface area contributed by atoms with Crippen LogP contribution in [0.1, 0.15) is 33.1 Å². The van der Waals surface area contributed by atoms with E-state index in [0.29, 0.717) is 19.3 Å². The minimum absolute atomic E-state index is 0.164. The molecule has 8 heteroatoms. The first-order chi connectivity index (χ1) is 9.77. The first-order valence-corrected chi connectivity index (χ1v) is 7.26. The first kappa shape index (κ1) is 18.3. The van der Waals surface area contributed by atoms with E-state index in [1.165, 1.54) is 4.90 Å². The number of aliphatic hydroxyl groups excluding tert-OH is 3. The van der Waals surface area contributed by atoms with Gasteiger partial charge in [0.15, 0.2) is 0 Å². The number of aliphatic hydroxyl groups is 3. The van der Waals surface area contributed by atoms with Gasteiger partial charge in [-0.15, -0.1) is 0 Å². The maximum Gasteiger partial charge on any atom is 0.220 e. The molecule has 0 unspecified atom stereocenters. The number of nitrogens with zero attached hydrogens (tertiary/aromatic N) is 1. The number of hydroxylamine groups is 1. The van der Waals surface area contributed by atoms with Gasteiger partial charge in [0.1, 0.15) is 18.7 Å². The lowest BCUT2D eigenvalue weighted by Crippen LogP contribution is -2.57. The van der Waals surface area contributed by atoms with E-state index < -0.39 is 36.4 Å². The summed E-state index contributed by atoms with van der Waals surface area (Å²) >= 11 is 0. The summed E-state index contributed by atoms with van der Waals surface area (Å²) in [5.74, 6) is -1.11. The number of nitrogens with two attached hydrogens (primary N) is 1. The molecule has 7 N–H and O–H groups in total. The van der Waals surface area contributed by atoms with Gasteiger partial charge in [0.2, 0.25) is 5.91 Å². The van der Waals surface area contributed by atoms with Gasteiger partial charge in [-0.05, 0) is 25.2 Å². The average Bonchev–Trinajstić information content (AvgIpc) is 2.40. The predicted molar refractivity (Wildman–Crippen MR) is 74.5 cm³/mol. The number of primary amides is 1. The number of rotatable bonds is 7. The summed E-state index contributed by atoms with van der Waals surface area (Å²) in [6.07, 6.45) is -1.95. The summed E-state index contributed by atoms with van der Waals surface area (Å²) in [4.78, 5) is 12.9. The number of amides is 1. The topological polar surface area (TPSA) is 139 Å². The summed E-state index contributed by atoms with van der Waals surface area (Å²) in [7, 11) is 0. The molecule has 1 aliphatic rings. The molecule has 1 fully saturated rings. The fraction of sp³-hybridized carbons (Fsp3) is 0.923. The zero-order valence-electron chi connectivity index (χ0n) is 12.5. The van der Waals surface area contributed by atoms with Crippen LogP contribution in [0.2, 0.25) is 0 Å². The molecule has 21 heavy (non-hydrogen) atoms. The molecule has 0 radical (unpaired) electrons. The van der Waals surface area contributed by atoms with Crippen LogP contribution < -0.4 is 11.2 Å². The molecule has 0 bridgehead atoms. The minimum atomic E-state index is -1.30. The number of nitrogens with one attached hydrogen (secondary N) is 1. The Morgan fingerprint density at radius 3 is 2.48 bits per heavy atom. The summed E-state index contributed by atoms with van der Waals surface area (Å²) in [6.45, 7) is 3.77. The monoisotopic (exact) mass is 305 g/mol. The second-order valence-corrected chi connectivity index (χ2v) is 6.12. The zero-order valence-corrected chi connectivity index (χ0v) is 12.5. The Morgan fingerprint density at radius 1 is 1.38 bits per heavy atom. The highest BCUT2D eigenvalue weighted by atomic mass is 16.5. The average molecular weight is 305 g/mol. The van der Waals surface area contributed by atoms with Gasteiger partial charge in [0.05, 0.1) is 0 Å². The number of β-amino-alcohol motifs (C(OH)–C–C–N with tert-alkyl or cyclic N) is 1. The maximum atomic E-state index is 11.7. The highest BCUT2D eigenvalue weighted by Crippen LogP contribution is 2.34. The van der Waals surface area contributed by atoms with E-state index in [-0.39, 0.29) is 12.5 Å². The van der Waals surface area contributed by atoms with Gasteiger partial charge < -0.3 is 26.3 Å². The standard InChI is InChI=1S/C13H27N3O5/c1-7(2)5-9(12(14)19)8-3-4-11(18)16(13(8)20)6-10(17)15-21/h7-11,13,15,17-18,20-21H,3-6H2,1-2H3,(H2,14,19)/t8-,9-,10-,11-,13-/m0/s1. The van der Waals surface area contributed by atoms with Gasteiger partial charge in [0.25, 0.3) is 0 Å². The number of hydrogen-bond acceptors (Lipinski definition) is 7. The van der Waals surface area contributed by atoms with Crippen molar-refractivity contribution in [3.63, 3.8) is 0 Å². The van der Waals surface area contributed by atoms with Crippen LogP contribution in [-0.2, 0) is 4.79 Å². The van der Waals surface area contributed by atoms with Crippen LogP contribution in [0.3, 0.4) is 0 Å². The molecule has 0 spiro atoms. The van der Waals surface area contributed by atoms with Gasteiger partial charge in [-0.25, -0.2) is 4.90 Å². The van der Waals surface area contributed by atoms with Crippen LogP contribution in [0, 0.1) is 17.8 Å². The Morgan fingerprint density at radius 2 is 2.00 bits per heavy atom. The molecule has 0 aromatic carbocycles. The largest absolute Gasteiger partial charge is 0.378 e. The maximum absolute atomic E-state index is 11.7. The third-order valence-electron chi connectivity index (χ3n) is 4.00. The highest BCUT2D eigenvalue weighted by molar-refractivity contribution is 5.77. The van der Waals surface area contributed by atoms with Crippen molar-refractivity contribution in [1.82, 2.24) is 10.4 Å². The Kier molecular flexibility index (Phi) is 6.98. The highest BCUT2D eigenvalue weighted by Gasteiger charge is 2.41. The fourth-order valence-corrected chi connectivity index (χ4v) is 2.97. The van der Waals surface area contributed by atoms with Gasteiger partial charge in [0, 0.05) is 18.4 Å². The first-order valence-electron chi connectivity index (χ1n) is 7.26. The number of piperidine rings is 1. The van der Waals surface area contributed by atoms with Crippen molar-refractivity contribution in [1.29, 1.82) is 0 Å². The van der Waals surface area contributed by atoms with Crippen LogP contribution in [0.4, 0.5) is 0 Å².